The number of nitrogens with one attached hydrogen (secondary N) is 1. The first-order valence-corrected chi connectivity index (χ1v) is 8.35. The van der Waals surface area contributed by atoms with E-state index in [4.69, 9.17) is 4.52 Å². The van der Waals surface area contributed by atoms with Gasteiger partial charge in [-0.05, 0) is 49.0 Å². The molecule has 5 nitrogen and oxygen atoms in total. The van der Waals surface area contributed by atoms with E-state index in [9.17, 15) is 0 Å². The second-order valence-electron chi connectivity index (χ2n) is 4.37. The molecule has 0 saturated carbocycles. The van der Waals surface area contributed by atoms with Crippen molar-refractivity contribution in [1.82, 2.24) is 14.5 Å². The van der Waals surface area contributed by atoms with Gasteiger partial charge in [-0.25, -0.2) is 0 Å². The zero-order valence-corrected chi connectivity index (χ0v) is 13.5. The Morgan fingerprint density at radius 2 is 2.00 bits per heavy atom. The Morgan fingerprint density at radius 1 is 1.24 bits per heavy atom. The van der Waals surface area contributed by atoms with Crippen molar-refractivity contribution in [2.75, 3.05) is 18.6 Å². The Kier molecular flexibility index (Phi) is 3.94. The van der Waals surface area contributed by atoms with Crippen LogP contribution in [0.3, 0.4) is 0 Å². The fraction of sp³-hybridized carbons (Fsp3) is 0.214. The van der Waals surface area contributed by atoms with Crippen LogP contribution < -0.4 is 5.32 Å². The standard InChI is InChI=1S/C14H14N4OS2/c1-8-11(14(15-2)21-18-8)13-16-12(17-19-13)9-4-6-10(20-3)7-5-9/h4-7,15H,1-3H3. The highest BCUT2D eigenvalue weighted by atomic mass is 32.2. The van der Waals surface area contributed by atoms with Crippen LogP contribution in [-0.2, 0) is 0 Å². The SMILES string of the molecule is CNc1snc(C)c1-c1nc(-c2ccc(SC)cc2)no1. The molecule has 3 aromatic rings. The van der Waals surface area contributed by atoms with Crippen LogP contribution in [0.25, 0.3) is 22.8 Å². The quantitative estimate of drug-likeness (QED) is 0.735. The minimum atomic E-state index is 0.495. The summed E-state index contributed by atoms with van der Waals surface area (Å²) in [5.74, 6) is 1.08. The Hall–Kier alpha value is -1.86. The van der Waals surface area contributed by atoms with E-state index >= 15 is 0 Å². The summed E-state index contributed by atoms with van der Waals surface area (Å²) < 4.78 is 9.72. The average molecular weight is 318 g/mol. The smallest absolute Gasteiger partial charge is 0.263 e. The van der Waals surface area contributed by atoms with Crippen molar-refractivity contribution in [3.05, 3.63) is 30.0 Å². The van der Waals surface area contributed by atoms with Gasteiger partial charge in [0.2, 0.25) is 5.82 Å². The number of nitrogens with zero attached hydrogens (tertiary/aromatic N) is 3. The molecule has 2 heterocycles. The number of anilines is 1. The highest BCUT2D eigenvalue weighted by molar-refractivity contribution is 7.98. The Morgan fingerprint density at radius 3 is 2.67 bits per heavy atom. The maximum absolute atomic E-state index is 5.40. The lowest BCUT2D eigenvalue weighted by Crippen LogP contribution is -1.88. The Bertz CT molecular complexity index is 749. The number of thioether (sulfide) groups is 1. The maximum Gasteiger partial charge on any atom is 0.263 e. The van der Waals surface area contributed by atoms with Gasteiger partial charge in [0.1, 0.15) is 5.00 Å². The minimum Gasteiger partial charge on any atom is -0.378 e. The van der Waals surface area contributed by atoms with Gasteiger partial charge < -0.3 is 9.84 Å². The molecule has 0 aliphatic rings. The Labute approximate surface area is 130 Å². The predicted octanol–water partition coefficient (Wildman–Crippen LogP) is 3.93. The molecule has 0 amide bonds. The normalized spacial score (nSPS) is 10.8. The van der Waals surface area contributed by atoms with E-state index < -0.39 is 0 Å². The molecule has 0 saturated heterocycles. The molecule has 0 aliphatic heterocycles. The fourth-order valence-electron chi connectivity index (χ4n) is 1.97. The highest BCUT2D eigenvalue weighted by Gasteiger charge is 2.19. The monoisotopic (exact) mass is 318 g/mol. The molecule has 1 N–H and O–H groups in total. The van der Waals surface area contributed by atoms with Crippen LogP contribution in [0, 0.1) is 6.92 Å². The van der Waals surface area contributed by atoms with E-state index in [1.165, 1.54) is 16.4 Å². The Balaban J connectivity index is 1.97. The summed E-state index contributed by atoms with van der Waals surface area (Å²) in [4.78, 5) is 5.70. The molecule has 1 aromatic carbocycles. The largest absolute Gasteiger partial charge is 0.378 e. The number of hydrogen-bond donors (Lipinski definition) is 1. The summed E-state index contributed by atoms with van der Waals surface area (Å²) in [5, 5.41) is 8.11. The predicted molar refractivity (Wildman–Crippen MR) is 86.9 cm³/mol. The van der Waals surface area contributed by atoms with Gasteiger partial charge in [0.05, 0.1) is 11.3 Å². The van der Waals surface area contributed by atoms with Crippen LogP contribution in [0.15, 0.2) is 33.7 Å². The number of benzene rings is 1. The van der Waals surface area contributed by atoms with Crippen LogP contribution in [0.2, 0.25) is 0 Å². The average Bonchev–Trinajstić information content (AvgIpc) is 3.13. The van der Waals surface area contributed by atoms with Crippen LogP contribution >= 0.6 is 23.3 Å². The molecule has 0 aliphatic carbocycles. The summed E-state index contributed by atoms with van der Waals surface area (Å²) in [6.07, 6.45) is 2.05. The number of hydrogen-bond acceptors (Lipinski definition) is 7. The lowest BCUT2D eigenvalue weighted by molar-refractivity contribution is 0.432. The molecule has 0 atom stereocenters. The van der Waals surface area contributed by atoms with E-state index in [2.05, 4.69) is 19.8 Å². The van der Waals surface area contributed by atoms with E-state index in [0.29, 0.717) is 11.7 Å². The third kappa shape index (κ3) is 2.66. The van der Waals surface area contributed by atoms with Crippen LogP contribution in [0.4, 0.5) is 5.00 Å². The van der Waals surface area contributed by atoms with E-state index in [0.717, 1.165) is 21.8 Å². The van der Waals surface area contributed by atoms with Crippen molar-refractivity contribution in [3.63, 3.8) is 0 Å². The summed E-state index contributed by atoms with van der Waals surface area (Å²) in [6, 6.07) is 8.09. The number of aromatic nitrogens is 3. The molecule has 21 heavy (non-hydrogen) atoms. The van der Waals surface area contributed by atoms with Gasteiger partial charge in [-0.15, -0.1) is 11.8 Å². The molecule has 0 bridgehead atoms. The molecule has 0 unspecified atom stereocenters. The third-order valence-corrected chi connectivity index (χ3v) is 4.78. The van der Waals surface area contributed by atoms with Gasteiger partial charge in [-0.2, -0.15) is 9.36 Å². The van der Waals surface area contributed by atoms with Crippen molar-refractivity contribution >= 4 is 28.3 Å². The maximum atomic E-state index is 5.40. The molecule has 2 aromatic heterocycles. The molecular weight excluding hydrogens is 304 g/mol. The zero-order chi connectivity index (χ0) is 14.8. The van der Waals surface area contributed by atoms with Crippen molar-refractivity contribution in [3.8, 4) is 22.8 Å². The third-order valence-electron chi connectivity index (χ3n) is 3.08. The van der Waals surface area contributed by atoms with Crippen molar-refractivity contribution in [2.24, 2.45) is 0 Å². The summed E-state index contributed by atoms with van der Waals surface area (Å²) in [6.45, 7) is 1.93. The molecule has 3 rings (SSSR count). The lowest BCUT2D eigenvalue weighted by atomic mass is 10.2. The number of rotatable bonds is 4. The fourth-order valence-corrected chi connectivity index (χ4v) is 3.12. The van der Waals surface area contributed by atoms with Crippen molar-refractivity contribution in [1.29, 1.82) is 0 Å². The summed E-state index contributed by atoms with van der Waals surface area (Å²) >= 11 is 3.09. The van der Waals surface area contributed by atoms with Crippen molar-refractivity contribution < 1.29 is 4.52 Å². The van der Waals surface area contributed by atoms with Crippen molar-refractivity contribution in [2.45, 2.75) is 11.8 Å². The van der Waals surface area contributed by atoms with Crippen LogP contribution in [0.5, 0.6) is 0 Å². The second-order valence-corrected chi connectivity index (χ2v) is 6.03. The first-order chi connectivity index (χ1) is 10.2. The first-order valence-electron chi connectivity index (χ1n) is 6.35. The van der Waals surface area contributed by atoms with Crippen LogP contribution in [0.1, 0.15) is 5.69 Å². The second kappa shape index (κ2) is 5.87. The highest BCUT2D eigenvalue weighted by Crippen LogP contribution is 2.34. The van der Waals surface area contributed by atoms with Crippen LogP contribution in [-0.4, -0.2) is 27.8 Å². The topological polar surface area (TPSA) is 63.8 Å². The first kappa shape index (κ1) is 14.1. The lowest BCUT2D eigenvalue weighted by Gasteiger charge is -1.97. The van der Waals surface area contributed by atoms with E-state index in [1.807, 2.05) is 44.5 Å². The van der Waals surface area contributed by atoms with Gasteiger partial charge in [0, 0.05) is 17.5 Å². The summed E-state index contributed by atoms with van der Waals surface area (Å²) in [5.41, 5.74) is 2.70. The zero-order valence-electron chi connectivity index (χ0n) is 11.9. The van der Waals surface area contributed by atoms with Gasteiger partial charge in [-0.1, -0.05) is 5.16 Å². The molecule has 0 spiro atoms. The van der Waals surface area contributed by atoms with Gasteiger partial charge in [0.15, 0.2) is 0 Å². The van der Waals surface area contributed by atoms with E-state index in [1.54, 1.807) is 11.8 Å². The number of aryl methyl sites for hydroxylation is 1. The van der Waals surface area contributed by atoms with Gasteiger partial charge in [-0.3, -0.25) is 0 Å². The molecule has 7 heteroatoms. The molecule has 108 valence electrons. The summed E-state index contributed by atoms with van der Waals surface area (Å²) in [7, 11) is 1.86. The van der Waals surface area contributed by atoms with E-state index in [-0.39, 0.29) is 0 Å². The molecule has 0 fully saturated rings. The van der Waals surface area contributed by atoms with Gasteiger partial charge >= 0.3 is 0 Å². The minimum absolute atomic E-state index is 0.495. The van der Waals surface area contributed by atoms with Gasteiger partial charge in [0.25, 0.3) is 5.89 Å². The molecular formula is C14H14N4OS2. The molecule has 0 radical (unpaired) electrons.